The van der Waals surface area contributed by atoms with Gasteiger partial charge in [-0.05, 0) is 75.7 Å². The van der Waals surface area contributed by atoms with Crippen LogP contribution in [-0.2, 0) is 4.79 Å². The molecule has 0 aromatic heterocycles. The number of phenolic OH excluding ortho intramolecular Hbond substituents is 1. The fourth-order valence-corrected chi connectivity index (χ4v) is 4.70. The van der Waals surface area contributed by atoms with Crippen molar-refractivity contribution in [1.29, 1.82) is 0 Å². The Balaban J connectivity index is 2.05. The fourth-order valence-electron chi connectivity index (χ4n) is 3.57. The Morgan fingerprint density at radius 1 is 0.795 bits per heavy atom. The van der Waals surface area contributed by atoms with Crippen molar-refractivity contribution < 1.29 is 14.7 Å². The number of aromatic hydroxyl groups is 1. The van der Waals surface area contributed by atoms with Gasteiger partial charge >= 0.3 is 0 Å². The van der Waals surface area contributed by atoms with E-state index < -0.39 is 0 Å². The quantitative estimate of drug-likeness (QED) is 0.108. The number of hydrogen-bond acceptors (Lipinski definition) is 4. The first-order valence-electron chi connectivity index (χ1n) is 14.3. The first-order valence-corrected chi connectivity index (χ1v) is 15.3. The van der Waals surface area contributed by atoms with Crippen LogP contribution in [0.5, 0.6) is 5.75 Å². The Morgan fingerprint density at radius 3 is 1.95 bits per heavy atom. The van der Waals surface area contributed by atoms with E-state index >= 15 is 0 Å². The second-order valence-electron chi connectivity index (χ2n) is 9.04. The molecule has 0 bridgehead atoms. The highest BCUT2D eigenvalue weighted by molar-refractivity contribution is 8.00. The van der Waals surface area contributed by atoms with Gasteiger partial charge in [0.15, 0.2) is 0 Å². The molecule has 1 unspecified atom stereocenters. The second-order valence-corrected chi connectivity index (χ2v) is 10.3. The number of allylic oxidation sites excluding steroid dienone is 10. The number of para-hydroxylation sites is 1. The maximum absolute atomic E-state index is 12.5. The Bertz CT molecular complexity index is 950. The Kier molecular flexibility index (Phi) is 21.0. The highest BCUT2D eigenvalue weighted by atomic mass is 32.2. The Morgan fingerprint density at radius 2 is 1.36 bits per heavy atom. The number of nitrogens with one attached hydrogen (secondary N) is 2. The third kappa shape index (κ3) is 18.0. The lowest BCUT2D eigenvalue weighted by Crippen LogP contribution is -2.38. The van der Waals surface area contributed by atoms with E-state index in [1.807, 2.05) is 6.92 Å². The van der Waals surface area contributed by atoms with E-state index in [4.69, 9.17) is 0 Å². The van der Waals surface area contributed by atoms with Crippen LogP contribution in [-0.4, -0.2) is 41.0 Å². The molecule has 0 aliphatic rings. The van der Waals surface area contributed by atoms with E-state index in [1.165, 1.54) is 6.07 Å². The minimum Gasteiger partial charge on any atom is -0.507 e. The molecule has 0 radical (unpaired) electrons. The standard InChI is InChI=1S/C33H48N2O3S/c1-3-5-6-7-8-9-10-11-12-13-14-15-16-17-18-19-20-23-28-39-31(4-2)33(38)35-27-26-34-32(37)29-24-21-22-25-30(29)36/h5-6,8-9,11-12,14-15,17-18,21-22,24-25,31,36H,3-4,7,10,13,16,19-20,23,26-28H2,1-2H3,(H,34,37)(H,35,38). The minimum atomic E-state index is -0.351. The Hall–Kier alpha value is -2.99. The number of phenols is 1. The van der Waals surface area contributed by atoms with Crippen molar-refractivity contribution >= 4 is 23.6 Å². The summed E-state index contributed by atoms with van der Waals surface area (Å²) in [6, 6.07) is 6.40. The number of thioether (sulfide) groups is 1. The summed E-state index contributed by atoms with van der Waals surface area (Å²) < 4.78 is 0. The number of amides is 2. The van der Waals surface area contributed by atoms with Gasteiger partial charge in [0.25, 0.3) is 5.91 Å². The van der Waals surface area contributed by atoms with Crippen molar-refractivity contribution in [1.82, 2.24) is 10.6 Å². The molecule has 1 rings (SSSR count). The second kappa shape index (κ2) is 24.1. The van der Waals surface area contributed by atoms with Crippen LogP contribution in [0.2, 0.25) is 0 Å². The third-order valence-corrected chi connectivity index (χ3v) is 7.24. The number of hydrogen-bond donors (Lipinski definition) is 3. The zero-order valence-corrected chi connectivity index (χ0v) is 24.6. The van der Waals surface area contributed by atoms with Crippen LogP contribution in [0.3, 0.4) is 0 Å². The van der Waals surface area contributed by atoms with Gasteiger partial charge in [0.2, 0.25) is 5.91 Å². The summed E-state index contributed by atoms with van der Waals surface area (Å²) in [6.07, 6.45) is 31.3. The summed E-state index contributed by atoms with van der Waals surface area (Å²) >= 11 is 1.70. The van der Waals surface area contributed by atoms with Crippen LogP contribution in [0.15, 0.2) is 85.0 Å². The van der Waals surface area contributed by atoms with Crippen LogP contribution in [0.25, 0.3) is 0 Å². The van der Waals surface area contributed by atoms with Crippen molar-refractivity contribution in [2.24, 2.45) is 0 Å². The van der Waals surface area contributed by atoms with E-state index in [9.17, 15) is 14.7 Å². The van der Waals surface area contributed by atoms with Gasteiger partial charge in [-0.1, -0.05) is 86.7 Å². The molecule has 6 heteroatoms. The molecular weight excluding hydrogens is 504 g/mol. The zero-order valence-electron chi connectivity index (χ0n) is 23.8. The van der Waals surface area contributed by atoms with Crippen molar-refractivity contribution in [2.75, 3.05) is 18.8 Å². The summed E-state index contributed by atoms with van der Waals surface area (Å²) in [6.45, 7) is 4.85. The summed E-state index contributed by atoms with van der Waals surface area (Å²) in [7, 11) is 0. The van der Waals surface area contributed by atoms with Gasteiger partial charge in [-0.15, -0.1) is 11.8 Å². The van der Waals surface area contributed by atoms with E-state index in [2.05, 4.69) is 78.3 Å². The van der Waals surface area contributed by atoms with Gasteiger partial charge in [-0.2, -0.15) is 0 Å². The summed E-state index contributed by atoms with van der Waals surface area (Å²) in [5.74, 6) is 0.567. The lowest BCUT2D eigenvalue weighted by Gasteiger charge is -2.15. The van der Waals surface area contributed by atoms with Gasteiger partial charge < -0.3 is 15.7 Å². The van der Waals surface area contributed by atoms with Crippen molar-refractivity contribution in [3.05, 3.63) is 90.6 Å². The van der Waals surface area contributed by atoms with Crippen molar-refractivity contribution in [2.45, 2.75) is 76.9 Å². The van der Waals surface area contributed by atoms with Crippen LogP contribution >= 0.6 is 11.8 Å². The lowest BCUT2D eigenvalue weighted by molar-refractivity contribution is -0.120. The molecule has 5 nitrogen and oxygen atoms in total. The topological polar surface area (TPSA) is 78.4 Å². The van der Waals surface area contributed by atoms with Crippen LogP contribution in [0.4, 0.5) is 0 Å². The number of carbonyl (C=O) groups excluding carboxylic acids is 2. The molecule has 0 heterocycles. The largest absolute Gasteiger partial charge is 0.507 e. The van der Waals surface area contributed by atoms with E-state index in [0.717, 1.165) is 63.5 Å². The molecule has 0 spiro atoms. The highest BCUT2D eigenvalue weighted by Crippen LogP contribution is 2.17. The van der Waals surface area contributed by atoms with E-state index in [0.29, 0.717) is 13.1 Å². The lowest BCUT2D eigenvalue weighted by atomic mass is 10.2. The molecule has 0 fully saturated rings. The summed E-state index contributed by atoms with van der Waals surface area (Å²) in [5, 5.41) is 15.3. The monoisotopic (exact) mass is 552 g/mol. The van der Waals surface area contributed by atoms with Gasteiger partial charge in [-0.25, -0.2) is 0 Å². The number of rotatable bonds is 21. The summed E-state index contributed by atoms with van der Waals surface area (Å²) in [5.41, 5.74) is 0.232. The molecule has 1 aromatic carbocycles. The molecule has 0 saturated heterocycles. The minimum absolute atomic E-state index is 0.0112. The van der Waals surface area contributed by atoms with Gasteiger partial charge in [0, 0.05) is 13.1 Å². The molecule has 39 heavy (non-hydrogen) atoms. The summed E-state index contributed by atoms with van der Waals surface area (Å²) in [4.78, 5) is 24.6. The SMILES string of the molecule is CCC=CCC=CCC=CCC=CCC=CCCCCSC(CC)C(=O)NCCNC(=O)c1ccccc1O. The molecule has 0 aliphatic heterocycles. The predicted molar refractivity (Wildman–Crippen MR) is 168 cm³/mol. The first-order chi connectivity index (χ1) is 19.1. The highest BCUT2D eigenvalue weighted by Gasteiger charge is 2.16. The average Bonchev–Trinajstić information content (AvgIpc) is 2.94. The Labute approximate surface area is 240 Å². The number of carbonyl (C=O) groups is 2. The normalized spacial score (nSPS) is 12.9. The molecule has 3 N–H and O–H groups in total. The van der Waals surface area contributed by atoms with Gasteiger partial charge in [0.05, 0.1) is 10.8 Å². The van der Waals surface area contributed by atoms with Crippen LogP contribution < -0.4 is 10.6 Å². The van der Waals surface area contributed by atoms with Gasteiger partial charge in [0.1, 0.15) is 5.75 Å². The third-order valence-electron chi connectivity index (χ3n) is 5.76. The average molecular weight is 553 g/mol. The van der Waals surface area contributed by atoms with E-state index in [-0.39, 0.29) is 28.4 Å². The molecule has 0 aliphatic carbocycles. The molecule has 214 valence electrons. The maximum Gasteiger partial charge on any atom is 0.255 e. The number of benzene rings is 1. The van der Waals surface area contributed by atoms with Crippen molar-refractivity contribution in [3.8, 4) is 5.75 Å². The molecule has 1 aromatic rings. The van der Waals surface area contributed by atoms with Gasteiger partial charge in [-0.3, -0.25) is 9.59 Å². The smallest absolute Gasteiger partial charge is 0.255 e. The maximum atomic E-state index is 12.5. The predicted octanol–water partition coefficient (Wildman–Crippen LogP) is 7.67. The van der Waals surface area contributed by atoms with Crippen LogP contribution in [0.1, 0.15) is 82.0 Å². The fraction of sp³-hybridized carbons (Fsp3) is 0.455. The number of unbranched alkanes of at least 4 members (excludes halogenated alkanes) is 2. The zero-order chi connectivity index (χ0) is 28.4. The first kappa shape index (κ1) is 34.0. The molecule has 1 atom stereocenters. The molecule has 0 saturated carbocycles. The van der Waals surface area contributed by atoms with Crippen molar-refractivity contribution in [3.63, 3.8) is 0 Å². The van der Waals surface area contributed by atoms with Crippen LogP contribution in [0, 0.1) is 0 Å². The molecular formula is C33H48N2O3S. The van der Waals surface area contributed by atoms with E-state index in [1.54, 1.807) is 30.0 Å². The molecule has 2 amide bonds.